The molecule has 2 heteroatoms. The van der Waals surface area contributed by atoms with E-state index in [0.29, 0.717) is 0 Å². The molecule has 0 saturated heterocycles. The van der Waals surface area contributed by atoms with Crippen LogP contribution in [-0.4, -0.2) is 23.1 Å². The van der Waals surface area contributed by atoms with E-state index in [1.54, 1.807) is 0 Å². The quantitative estimate of drug-likeness (QED) is 0.773. The summed E-state index contributed by atoms with van der Waals surface area (Å²) in [7, 11) is 0. The van der Waals surface area contributed by atoms with Gasteiger partial charge in [-0.3, -0.25) is 4.90 Å². The molecule has 14 heavy (non-hydrogen) atoms. The summed E-state index contributed by atoms with van der Waals surface area (Å²) in [6, 6.07) is 8.14. The number of rotatable bonds is 5. The maximum absolute atomic E-state index is 8.89. The Bertz CT molecular complexity index is 252. The lowest BCUT2D eigenvalue weighted by Crippen LogP contribution is -2.21. The predicted octanol–water partition coefficient (Wildman–Crippen LogP) is 2.02. The van der Waals surface area contributed by atoms with Crippen LogP contribution in [-0.2, 0) is 13.2 Å². The third-order valence-corrected chi connectivity index (χ3v) is 2.51. The van der Waals surface area contributed by atoms with Gasteiger partial charge in [0.1, 0.15) is 0 Å². The van der Waals surface area contributed by atoms with E-state index in [4.69, 9.17) is 5.11 Å². The van der Waals surface area contributed by atoms with Crippen molar-refractivity contribution in [2.45, 2.75) is 27.0 Å². The molecule has 78 valence electrons. The number of benzene rings is 1. The fourth-order valence-corrected chi connectivity index (χ4v) is 1.46. The fourth-order valence-electron chi connectivity index (χ4n) is 1.46. The molecule has 2 nitrogen and oxygen atoms in total. The summed E-state index contributed by atoms with van der Waals surface area (Å²) in [5, 5.41) is 8.89. The van der Waals surface area contributed by atoms with Crippen LogP contribution in [0.5, 0.6) is 0 Å². The van der Waals surface area contributed by atoms with E-state index in [9.17, 15) is 0 Å². The first-order chi connectivity index (χ1) is 6.80. The molecule has 0 amide bonds. The van der Waals surface area contributed by atoms with Crippen LogP contribution in [0.4, 0.5) is 0 Å². The Hall–Kier alpha value is -0.860. The lowest BCUT2D eigenvalue weighted by molar-refractivity contribution is 0.281. The third-order valence-electron chi connectivity index (χ3n) is 2.51. The zero-order chi connectivity index (χ0) is 10.4. The van der Waals surface area contributed by atoms with Crippen LogP contribution in [0.15, 0.2) is 24.3 Å². The Morgan fingerprint density at radius 2 is 1.50 bits per heavy atom. The first-order valence-electron chi connectivity index (χ1n) is 5.21. The zero-order valence-corrected chi connectivity index (χ0v) is 9.03. The first-order valence-corrected chi connectivity index (χ1v) is 5.21. The van der Waals surface area contributed by atoms with Crippen LogP contribution < -0.4 is 0 Å². The second kappa shape index (κ2) is 5.78. The summed E-state index contributed by atoms with van der Waals surface area (Å²) < 4.78 is 0. The predicted molar refractivity (Wildman–Crippen MR) is 59.0 cm³/mol. The van der Waals surface area contributed by atoms with Crippen molar-refractivity contribution in [3.8, 4) is 0 Å². The lowest BCUT2D eigenvalue weighted by atomic mass is 10.1. The van der Waals surface area contributed by atoms with Gasteiger partial charge in [-0.1, -0.05) is 38.1 Å². The Kier molecular flexibility index (Phi) is 4.63. The molecule has 0 fully saturated rings. The minimum absolute atomic E-state index is 0.131. The summed E-state index contributed by atoms with van der Waals surface area (Å²) in [6.45, 7) is 7.64. The molecular weight excluding hydrogens is 174 g/mol. The highest BCUT2D eigenvalue weighted by molar-refractivity contribution is 5.21. The molecule has 0 spiro atoms. The Morgan fingerprint density at radius 3 is 1.93 bits per heavy atom. The summed E-state index contributed by atoms with van der Waals surface area (Å²) in [6.07, 6.45) is 0. The van der Waals surface area contributed by atoms with E-state index < -0.39 is 0 Å². The van der Waals surface area contributed by atoms with Gasteiger partial charge in [0.15, 0.2) is 0 Å². The smallest absolute Gasteiger partial charge is 0.0681 e. The van der Waals surface area contributed by atoms with Crippen molar-refractivity contribution in [1.29, 1.82) is 0 Å². The summed E-state index contributed by atoms with van der Waals surface area (Å²) >= 11 is 0. The van der Waals surface area contributed by atoms with E-state index >= 15 is 0 Å². The Morgan fingerprint density at radius 1 is 1.00 bits per heavy atom. The van der Waals surface area contributed by atoms with Gasteiger partial charge in [-0.2, -0.15) is 0 Å². The average Bonchev–Trinajstić information content (AvgIpc) is 2.26. The third kappa shape index (κ3) is 3.13. The molecule has 0 atom stereocenters. The van der Waals surface area contributed by atoms with Gasteiger partial charge in [0.05, 0.1) is 6.61 Å². The van der Waals surface area contributed by atoms with Gasteiger partial charge in [-0.05, 0) is 24.2 Å². The van der Waals surface area contributed by atoms with Gasteiger partial charge in [0.2, 0.25) is 0 Å². The van der Waals surface area contributed by atoms with Gasteiger partial charge in [0.25, 0.3) is 0 Å². The zero-order valence-electron chi connectivity index (χ0n) is 9.03. The molecule has 0 unspecified atom stereocenters. The number of aliphatic hydroxyl groups excluding tert-OH is 1. The van der Waals surface area contributed by atoms with E-state index in [2.05, 4.69) is 30.9 Å². The van der Waals surface area contributed by atoms with Crippen LogP contribution in [0.25, 0.3) is 0 Å². The average molecular weight is 193 g/mol. The van der Waals surface area contributed by atoms with Crippen molar-refractivity contribution in [3.05, 3.63) is 35.4 Å². The SMILES string of the molecule is CCN(CC)Cc1ccc(CO)cc1. The molecule has 0 aliphatic carbocycles. The maximum atomic E-state index is 8.89. The van der Waals surface area contributed by atoms with Crippen LogP contribution >= 0.6 is 0 Å². The van der Waals surface area contributed by atoms with Crippen LogP contribution in [0.1, 0.15) is 25.0 Å². The first kappa shape index (κ1) is 11.2. The molecule has 1 aromatic rings. The Labute approximate surface area is 86.2 Å². The molecule has 1 aromatic carbocycles. The summed E-state index contributed by atoms with van der Waals surface area (Å²) in [4.78, 5) is 2.37. The van der Waals surface area contributed by atoms with Crippen molar-refractivity contribution in [2.75, 3.05) is 13.1 Å². The van der Waals surface area contributed by atoms with Crippen molar-refractivity contribution in [2.24, 2.45) is 0 Å². The minimum Gasteiger partial charge on any atom is -0.392 e. The maximum Gasteiger partial charge on any atom is 0.0681 e. The number of hydrogen-bond donors (Lipinski definition) is 1. The summed E-state index contributed by atoms with van der Waals surface area (Å²) in [5.41, 5.74) is 2.29. The molecule has 1 N–H and O–H groups in total. The van der Waals surface area contributed by atoms with E-state index in [0.717, 1.165) is 25.2 Å². The molecule has 1 rings (SSSR count). The van der Waals surface area contributed by atoms with Crippen molar-refractivity contribution >= 4 is 0 Å². The normalized spacial score (nSPS) is 10.9. The van der Waals surface area contributed by atoms with Gasteiger partial charge in [0, 0.05) is 6.54 Å². The molecule has 0 aliphatic heterocycles. The number of nitrogens with zero attached hydrogens (tertiary/aromatic N) is 1. The van der Waals surface area contributed by atoms with Gasteiger partial charge in [-0.15, -0.1) is 0 Å². The topological polar surface area (TPSA) is 23.5 Å². The van der Waals surface area contributed by atoms with Crippen molar-refractivity contribution < 1.29 is 5.11 Å². The molecule has 0 heterocycles. The van der Waals surface area contributed by atoms with E-state index in [-0.39, 0.29) is 6.61 Å². The molecule has 0 bridgehead atoms. The largest absolute Gasteiger partial charge is 0.392 e. The van der Waals surface area contributed by atoms with E-state index in [1.165, 1.54) is 5.56 Å². The lowest BCUT2D eigenvalue weighted by Gasteiger charge is -2.17. The number of aliphatic hydroxyl groups is 1. The van der Waals surface area contributed by atoms with Gasteiger partial charge >= 0.3 is 0 Å². The molecule has 0 radical (unpaired) electrons. The molecule has 0 saturated carbocycles. The fraction of sp³-hybridized carbons (Fsp3) is 0.500. The van der Waals surface area contributed by atoms with E-state index in [1.807, 2.05) is 12.1 Å². The monoisotopic (exact) mass is 193 g/mol. The van der Waals surface area contributed by atoms with Crippen molar-refractivity contribution in [3.63, 3.8) is 0 Å². The second-order valence-corrected chi connectivity index (χ2v) is 3.44. The second-order valence-electron chi connectivity index (χ2n) is 3.44. The highest BCUT2D eigenvalue weighted by atomic mass is 16.3. The van der Waals surface area contributed by atoms with Gasteiger partial charge in [-0.25, -0.2) is 0 Å². The summed E-state index contributed by atoms with van der Waals surface area (Å²) in [5.74, 6) is 0. The Balaban J connectivity index is 2.58. The molecule has 0 aliphatic rings. The van der Waals surface area contributed by atoms with Gasteiger partial charge < -0.3 is 5.11 Å². The highest BCUT2D eigenvalue weighted by Gasteiger charge is 2.00. The molecule has 0 aromatic heterocycles. The standard InChI is InChI=1S/C12H19NO/c1-3-13(4-2)9-11-5-7-12(10-14)8-6-11/h5-8,14H,3-4,9-10H2,1-2H3. The van der Waals surface area contributed by atoms with Crippen LogP contribution in [0, 0.1) is 0 Å². The highest BCUT2D eigenvalue weighted by Crippen LogP contribution is 2.07. The van der Waals surface area contributed by atoms with Crippen LogP contribution in [0.2, 0.25) is 0 Å². The molecular formula is C12H19NO. The number of hydrogen-bond acceptors (Lipinski definition) is 2. The van der Waals surface area contributed by atoms with Crippen LogP contribution in [0.3, 0.4) is 0 Å². The minimum atomic E-state index is 0.131. The van der Waals surface area contributed by atoms with Crippen molar-refractivity contribution in [1.82, 2.24) is 4.90 Å².